The summed E-state index contributed by atoms with van der Waals surface area (Å²) in [4.78, 5) is 12.8. The van der Waals surface area contributed by atoms with Crippen molar-refractivity contribution in [2.75, 3.05) is 0 Å². The fourth-order valence-corrected chi connectivity index (χ4v) is 2.59. The highest BCUT2D eigenvalue weighted by molar-refractivity contribution is 5.81. The second-order valence-electron chi connectivity index (χ2n) is 5.44. The third kappa shape index (κ3) is 2.80. The Balaban J connectivity index is 1.83. The molecule has 2 aromatic carbocycles. The molecule has 0 fully saturated rings. The summed E-state index contributed by atoms with van der Waals surface area (Å²) in [7, 11) is 0. The number of para-hydroxylation sites is 1. The molecule has 4 rings (SSSR count). The lowest BCUT2D eigenvalue weighted by molar-refractivity contribution is 0.290. The van der Waals surface area contributed by atoms with Crippen LogP contribution in [0, 0.1) is 5.82 Å². The number of rotatable bonds is 4. The molecule has 0 bridgehead atoms. The van der Waals surface area contributed by atoms with E-state index in [1.54, 1.807) is 54.6 Å². The summed E-state index contributed by atoms with van der Waals surface area (Å²) in [5.41, 5.74) is 0.446. The van der Waals surface area contributed by atoms with Gasteiger partial charge in [0.1, 0.15) is 18.0 Å². The maximum absolute atomic E-state index is 13.8. The van der Waals surface area contributed by atoms with Gasteiger partial charge in [0.05, 0.1) is 11.6 Å². The zero-order valence-electron chi connectivity index (χ0n) is 13.1. The molecule has 0 aliphatic heterocycles. The van der Waals surface area contributed by atoms with Crippen LogP contribution in [-0.4, -0.2) is 0 Å². The molecule has 0 aliphatic rings. The Kier molecular flexibility index (Phi) is 3.82. The minimum atomic E-state index is -0.396. The molecule has 0 amide bonds. The van der Waals surface area contributed by atoms with Crippen molar-refractivity contribution in [3.63, 3.8) is 0 Å². The van der Waals surface area contributed by atoms with Gasteiger partial charge in [0.2, 0.25) is 16.9 Å². The summed E-state index contributed by atoms with van der Waals surface area (Å²) in [5, 5.41) is 0.390. The number of fused-ring (bicyclic) bond motifs is 1. The van der Waals surface area contributed by atoms with Crippen LogP contribution in [0.4, 0.5) is 4.39 Å². The van der Waals surface area contributed by atoms with E-state index in [0.29, 0.717) is 22.3 Å². The summed E-state index contributed by atoms with van der Waals surface area (Å²) in [6.07, 6.45) is 1.48. The largest absolute Gasteiger partial charge is 0.481 e. The SMILES string of the molecule is O=c1c(OCc2ccccc2F)c(-c2ccco2)oc2ccccc12. The van der Waals surface area contributed by atoms with Gasteiger partial charge in [-0.3, -0.25) is 4.79 Å². The van der Waals surface area contributed by atoms with Crippen LogP contribution in [0.2, 0.25) is 0 Å². The first-order chi connectivity index (χ1) is 12.2. The van der Waals surface area contributed by atoms with Crippen molar-refractivity contribution in [1.29, 1.82) is 0 Å². The Bertz CT molecular complexity index is 1080. The molecular weight excluding hydrogens is 323 g/mol. The number of furan rings is 1. The van der Waals surface area contributed by atoms with Crippen molar-refractivity contribution in [2.24, 2.45) is 0 Å². The smallest absolute Gasteiger partial charge is 0.235 e. The lowest BCUT2D eigenvalue weighted by atomic mass is 10.2. The fourth-order valence-electron chi connectivity index (χ4n) is 2.59. The second-order valence-corrected chi connectivity index (χ2v) is 5.44. The molecule has 0 aliphatic carbocycles. The van der Waals surface area contributed by atoms with Gasteiger partial charge in [-0.2, -0.15) is 0 Å². The van der Waals surface area contributed by atoms with Gasteiger partial charge >= 0.3 is 0 Å². The van der Waals surface area contributed by atoms with Gasteiger partial charge in [-0.15, -0.1) is 0 Å². The minimum absolute atomic E-state index is 0.00287. The molecule has 4 nitrogen and oxygen atoms in total. The van der Waals surface area contributed by atoms with Gasteiger partial charge in [0.25, 0.3) is 0 Å². The Morgan fingerprint density at radius 3 is 2.56 bits per heavy atom. The molecule has 5 heteroatoms. The van der Waals surface area contributed by atoms with Gasteiger partial charge in [-0.25, -0.2) is 4.39 Å². The quantitative estimate of drug-likeness (QED) is 0.538. The second kappa shape index (κ2) is 6.28. The first-order valence-corrected chi connectivity index (χ1v) is 7.70. The number of benzene rings is 2. The van der Waals surface area contributed by atoms with Crippen LogP contribution < -0.4 is 10.2 Å². The minimum Gasteiger partial charge on any atom is -0.481 e. The number of hydrogen-bond donors (Lipinski definition) is 0. The molecule has 0 radical (unpaired) electrons. The zero-order valence-corrected chi connectivity index (χ0v) is 13.1. The zero-order chi connectivity index (χ0) is 17.2. The third-order valence-corrected chi connectivity index (χ3v) is 3.83. The molecule has 25 heavy (non-hydrogen) atoms. The maximum atomic E-state index is 13.8. The van der Waals surface area contributed by atoms with Gasteiger partial charge in [-0.05, 0) is 30.3 Å². The average Bonchev–Trinajstić information content (AvgIpc) is 3.17. The molecule has 0 N–H and O–H groups in total. The Labute approximate surface area is 142 Å². The predicted molar refractivity (Wildman–Crippen MR) is 90.9 cm³/mol. The topological polar surface area (TPSA) is 52.6 Å². The highest BCUT2D eigenvalue weighted by atomic mass is 19.1. The molecule has 0 saturated heterocycles. The van der Waals surface area contributed by atoms with Crippen LogP contribution >= 0.6 is 0 Å². The summed E-state index contributed by atoms with van der Waals surface area (Å²) >= 11 is 0. The Morgan fingerprint density at radius 2 is 1.76 bits per heavy atom. The first-order valence-electron chi connectivity index (χ1n) is 7.70. The van der Waals surface area contributed by atoms with Crippen LogP contribution in [0.15, 0.2) is 80.6 Å². The van der Waals surface area contributed by atoms with Crippen molar-refractivity contribution in [3.8, 4) is 17.3 Å². The van der Waals surface area contributed by atoms with Crippen LogP contribution in [0.1, 0.15) is 5.56 Å². The molecule has 2 heterocycles. The number of ether oxygens (including phenoxy) is 1. The maximum Gasteiger partial charge on any atom is 0.235 e. The van der Waals surface area contributed by atoms with Crippen molar-refractivity contribution >= 4 is 11.0 Å². The van der Waals surface area contributed by atoms with E-state index in [-0.39, 0.29) is 23.5 Å². The molecule has 0 unspecified atom stereocenters. The molecule has 4 aromatic rings. The van der Waals surface area contributed by atoms with E-state index < -0.39 is 5.82 Å². The van der Waals surface area contributed by atoms with Crippen LogP contribution in [-0.2, 0) is 6.61 Å². The molecule has 2 aromatic heterocycles. The van der Waals surface area contributed by atoms with Crippen LogP contribution in [0.3, 0.4) is 0 Å². The van der Waals surface area contributed by atoms with Crippen molar-refractivity contribution < 1.29 is 18.0 Å². The van der Waals surface area contributed by atoms with E-state index >= 15 is 0 Å². The predicted octanol–water partition coefficient (Wildman–Crippen LogP) is 4.77. The van der Waals surface area contributed by atoms with Crippen molar-refractivity contribution in [3.05, 3.63) is 88.5 Å². The lowest BCUT2D eigenvalue weighted by Gasteiger charge is -2.10. The van der Waals surface area contributed by atoms with Gasteiger partial charge in [0, 0.05) is 5.56 Å². The Morgan fingerprint density at radius 1 is 0.960 bits per heavy atom. The van der Waals surface area contributed by atoms with Crippen LogP contribution in [0.25, 0.3) is 22.5 Å². The fraction of sp³-hybridized carbons (Fsp3) is 0.0500. The van der Waals surface area contributed by atoms with E-state index in [4.69, 9.17) is 13.6 Å². The molecular formula is C20H13FO4. The van der Waals surface area contributed by atoms with E-state index in [2.05, 4.69) is 0 Å². The molecule has 0 spiro atoms. The Hall–Kier alpha value is -3.34. The van der Waals surface area contributed by atoms with E-state index in [1.165, 1.54) is 12.3 Å². The van der Waals surface area contributed by atoms with Gasteiger partial charge in [0.15, 0.2) is 5.76 Å². The summed E-state index contributed by atoms with van der Waals surface area (Å²) in [6.45, 7) is -0.0938. The van der Waals surface area contributed by atoms with Gasteiger partial charge < -0.3 is 13.6 Å². The van der Waals surface area contributed by atoms with E-state index in [0.717, 1.165) is 0 Å². The number of halogens is 1. The standard InChI is InChI=1S/C20H13FO4/c21-15-8-3-1-6-13(15)12-24-20-18(22)14-7-2-4-9-16(14)25-19(20)17-10-5-11-23-17/h1-11H,12H2. The monoisotopic (exact) mass is 336 g/mol. The van der Waals surface area contributed by atoms with E-state index in [9.17, 15) is 9.18 Å². The van der Waals surface area contributed by atoms with Crippen molar-refractivity contribution in [1.82, 2.24) is 0 Å². The van der Waals surface area contributed by atoms with Gasteiger partial charge in [-0.1, -0.05) is 30.3 Å². The normalized spacial score (nSPS) is 10.9. The van der Waals surface area contributed by atoms with E-state index in [1.807, 2.05) is 0 Å². The van der Waals surface area contributed by atoms with Crippen molar-refractivity contribution in [2.45, 2.75) is 6.61 Å². The summed E-state index contributed by atoms with van der Waals surface area (Å²) in [6, 6.07) is 16.5. The summed E-state index contributed by atoms with van der Waals surface area (Å²) < 4.78 is 30.7. The molecule has 0 saturated carbocycles. The molecule has 0 atom stereocenters. The summed E-state index contributed by atoms with van der Waals surface area (Å²) in [5.74, 6) is 0.153. The highest BCUT2D eigenvalue weighted by Crippen LogP contribution is 2.31. The number of hydrogen-bond acceptors (Lipinski definition) is 4. The average molecular weight is 336 g/mol. The van der Waals surface area contributed by atoms with Crippen LogP contribution in [0.5, 0.6) is 5.75 Å². The third-order valence-electron chi connectivity index (χ3n) is 3.83. The first kappa shape index (κ1) is 15.2. The molecule has 124 valence electrons. The highest BCUT2D eigenvalue weighted by Gasteiger charge is 2.19. The lowest BCUT2D eigenvalue weighted by Crippen LogP contribution is -2.10.